The SMILES string of the molecule is CCNC(c1ccc(F)cc1Cl)c1cc(Cl)cnc1N. The quantitative estimate of drug-likeness (QED) is 0.902. The smallest absolute Gasteiger partial charge is 0.128 e. The maximum absolute atomic E-state index is 13.2. The lowest BCUT2D eigenvalue weighted by Gasteiger charge is -2.21. The molecule has 2 aromatic rings. The Bertz CT molecular complexity index is 619. The van der Waals surface area contributed by atoms with E-state index in [0.29, 0.717) is 28.0 Å². The molecular formula is C14H14Cl2FN3. The number of rotatable bonds is 4. The van der Waals surface area contributed by atoms with Crippen molar-refractivity contribution in [2.45, 2.75) is 13.0 Å². The maximum atomic E-state index is 13.2. The Morgan fingerprint density at radius 1 is 1.30 bits per heavy atom. The molecule has 1 aromatic carbocycles. The van der Waals surface area contributed by atoms with Crippen LogP contribution in [0.3, 0.4) is 0 Å². The van der Waals surface area contributed by atoms with E-state index in [1.165, 1.54) is 18.3 Å². The van der Waals surface area contributed by atoms with Gasteiger partial charge < -0.3 is 11.1 Å². The van der Waals surface area contributed by atoms with Crippen molar-refractivity contribution in [1.29, 1.82) is 0 Å². The molecule has 6 heteroatoms. The molecule has 0 saturated heterocycles. The van der Waals surface area contributed by atoms with Gasteiger partial charge >= 0.3 is 0 Å². The zero-order valence-corrected chi connectivity index (χ0v) is 12.3. The second-order valence-corrected chi connectivity index (χ2v) is 5.13. The van der Waals surface area contributed by atoms with Crippen LogP contribution in [0.15, 0.2) is 30.5 Å². The standard InChI is InChI=1S/C14H14Cl2FN3/c1-2-19-13(10-4-3-9(17)6-12(10)16)11-5-8(15)7-20-14(11)18/h3-7,13,19H,2H2,1H3,(H2,18,20). The number of nitrogens with one attached hydrogen (secondary N) is 1. The predicted octanol–water partition coefficient (Wildman–Crippen LogP) is 3.81. The Balaban J connectivity index is 2.53. The molecule has 0 spiro atoms. The number of nitrogens with two attached hydrogens (primary N) is 1. The van der Waals surface area contributed by atoms with Gasteiger partial charge in [-0.1, -0.05) is 36.2 Å². The van der Waals surface area contributed by atoms with Crippen molar-refractivity contribution >= 4 is 29.0 Å². The molecule has 1 unspecified atom stereocenters. The summed E-state index contributed by atoms with van der Waals surface area (Å²) in [5.41, 5.74) is 7.35. The lowest BCUT2D eigenvalue weighted by Crippen LogP contribution is -2.23. The molecule has 1 atom stereocenters. The molecule has 0 aliphatic carbocycles. The minimum atomic E-state index is -0.383. The second-order valence-electron chi connectivity index (χ2n) is 4.28. The number of pyridine rings is 1. The number of benzene rings is 1. The van der Waals surface area contributed by atoms with E-state index in [4.69, 9.17) is 28.9 Å². The first kappa shape index (κ1) is 15.0. The molecule has 3 N–H and O–H groups in total. The maximum Gasteiger partial charge on any atom is 0.128 e. The van der Waals surface area contributed by atoms with E-state index in [9.17, 15) is 4.39 Å². The molecule has 0 aliphatic heterocycles. The van der Waals surface area contributed by atoms with Crippen molar-refractivity contribution in [1.82, 2.24) is 10.3 Å². The molecule has 0 radical (unpaired) electrons. The normalized spacial score (nSPS) is 12.4. The van der Waals surface area contributed by atoms with Gasteiger partial charge in [-0.05, 0) is 30.3 Å². The van der Waals surface area contributed by atoms with Crippen molar-refractivity contribution in [3.05, 3.63) is 57.5 Å². The van der Waals surface area contributed by atoms with E-state index in [2.05, 4.69) is 10.3 Å². The average molecular weight is 314 g/mol. The molecule has 0 amide bonds. The Hall–Kier alpha value is -1.36. The van der Waals surface area contributed by atoms with Gasteiger partial charge in [0.05, 0.1) is 11.1 Å². The fourth-order valence-electron chi connectivity index (χ4n) is 2.02. The van der Waals surface area contributed by atoms with Crippen LogP contribution in [0.25, 0.3) is 0 Å². The highest BCUT2D eigenvalue weighted by atomic mass is 35.5. The Labute approximate surface area is 126 Å². The topological polar surface area (TPSA) is 50.9 Å². The summed E-state index contributed by atoms with van der Waals surface area (Å²) in [4.78, 5) is 4.04. The monoisotopic (exact) mass is 313 g/mol. The van der Waals surface area contributed by atoms with E-state index < -0.39 is 0 Å². The van der Waals surface area contributed by atoms with Gasteiger partial charge in [-0.15, -0.1) is 0 Å². The van der Waals surface area contributed by atoms with Crippen molar-refractivity contribution in [3.63, 3.8) is 0 Å². The van der Waals surface area contributed by atoms with Crippen LogP contribution in [0.4, 0.5) is 10.2 Å². The van der Waals surface area contributed by atoms with Crippen molar-refractivity contribution in [3.8, 4) is 0 Å². The van der Waals surface area contributed by atoms with E-state index >= 15 is 0 Å². The predicted molar refractivity (Wildman–Crippen MR) is 80.6 cm³/mol. The number of hydrogen-bond acceptors (Lipinski definition) is 3. The van der Waals surface area contributed by atoms with Gasteiger partial charge in [0.2, 0.25) is 0 Å². The Morgan fingerprint density at radius 3 is 2.70 bits per heavy atom. The molecule has 1 heterocycles. The van der Waals surface area contributed by atoms with Crippen LogP contribution >= 0.6 is 23.2 Å². The fourth-order valence-corrected chi connectivity index (χ4v) is 2.47. The third-order valence-electron chi connectivity index (χ3n) is 2.91. The fraction of sp³-hybridized carbons (Fsp3) is 0.214. The summed E-state index contributed by atoms with van der Waals surface area (Å²) >= 11 is 12.1. The third-order valence-corrected chi connectivity index (χ3v) is 3.44. The number of anilines is 1. The zero-order valence-electron chi connectivity index (χ0n) is 10.8. The summed E-state index contributed by atoms with van der Waals surface area (Å²) < 4.78 is 13.2. The highest BCUT2D eigenvalue weighted by Crippen LogP contribution is 2.32. The number of nitrogen functional groups attached to an aromatic ring is 1. The number of hydrogen-bond donors (Lipinski definition) is 2. The Morgan fingerprint density at radius 2 is 2.05 bits per heavy atom. The average Bonchev–Trinajstić information content (AvgIpc) is 2.40. The molecule has 20 heavy (non-hydrogen) atoms. The molecule has 0 saturated carbocycles. The molecule has 0 bridgehead atoms. The minimum absolute atomic E-state index is 0.292. The van der Waals surface area contributed by atoms with Gasteiger partial charge in [0.25, 0.3) is 0 Å². The summed E-state index contributed by atoms with van der Waals surface area (Å²) in [6, 6.07) is 5.71. The summed E-state index contributed by atoms with van der Waals surface area (Å²) in [6.45, 7) is 2.64. The Kier molecular flexibility index (Phi) is 4.81. The first-order valence-electron chi connectivity index (χ1n) is 6.12. The van der Waals surface area contributed by atoms with Crippen molar-refractivity contribution < 1.29 is 4.39 Å². The summed E-state index contributed by atoms with van der Waals surface area (Å²) in [5.74, 6) is -0.0214. The van der Waals surface area contributed by atoms with Crippen molar-refractivity contribution in [2.24, 2.45) is 0 Å². The first-order valence-corrected chi connectivity index (χ1v) is 6.87. The van der Waals surface area contributed by atoms with Crippen LogP contribution in [0.1, 0.15) is 24.1 Å². The number of aromatic nitrogens is 1. The zero-order chi connectivity index (χ0) is 14.7. The van der Waals surface area contributed by atoms with E-state index in [1.807, 2.05) is 6.92 Å². The molecule has 2 rings (SSSR count). The van der Waals surface area contributed by atoms with E-state index in [1.54, 1.807) is 12.1 Å². The summed E-state index contributed by atoms with van der Waals surface area (Å²) in [7, 11) is 0. The van der Waals surface area contributed by atoms with Crippen LogP contribution < -0.4 is 11.1 Å². The largest absolute Gasteiger partial charge is 0.383 e. The van der Waals surface area contributed by atoms with Gasteiger partial charge in [0.1, 0.15) is 11.6 Å². The van der Waals surface area contributed by atoms with Crippen LogP contribution in [0.5, 0.6) is 0 Å². The molecule has 106 valence electrons. The summed E-state index contributed by atoms with van der Waals surface area (Å²) in [6.07, 6.45) is 1.48. The van der Waals surface area contributed by atoms with Gasteiger partial charge in [-0.25, -0.2) is 9.37 Å². The van der Waals surface area contributed by atoms with E-state index in [0.717, 1.165) is 5.56 Å². The molecule has 0 aliphatic rings. The van der Waals surface area contributed by atoms with Gasteiger partial charge in [0, 0.05) is 16.8 Å². The highest BCUT2D eigenvalue weighted by molar-refractivity contribution is 6.31. The number of halogens is 3. The first-order chi connectivity index (χ1) is 9.52. The van der Waals surface area contributed by atoms with Crippen LogP contribution in [-0.2, 0) is 0 Å². The lowest BCUT2D eigenvalue weighted by molar-refractivity contribution is 0.614. The minimum Gasteiger partial charge on any atom is -0.383 e. The van der Waals surface area contributed by atoms with Gasteiger partial charge in [-0.2, -0.15) is 0 Å². The van der Waals surface area contributed by atoms with Crippen LogP contribution in [0, 0.1) is 5.82 Å². The third kappa shape index (κ3) is 3.20. The van der Waals surface area contributed by atoms with Crippen LogP contribution in [-0.4, -0.2) is 11.5 Å². The molecular weight excluding hydrogens is 300 g/mol. The van der Waals surface area contributed by atoms with Crippen LogP contribution in [0.2, 0.25) is 10.0 Å². The summed E-state index contributed by atoms with van der Waals surface area (Å²) in [5, 5.41) is 4.07. The van der Waals surface area contributed by atoms with Gasteiger partial charge in [0.15, 0.2) is 0 Å². The van der Waals surface area contributed by atoms with Gasteiger partial charge in [-0.3, -0.25) is 0 Å². The molecule has 0 fully saturated rings. The number of nitrogens with zero attached hydrogens (tertiary/aromatic N) is 1. The van der Waals surface area contributed by atoms with E-state index in [-0.39, 0.29) is 11.9 Å². The molecule has 3 nitrogen and oxygen atoms in total. The second kappa shape index (κ2) is 6.39. The van der Waals surface area contributed by atoms with Crippen molar-refractivity contribution in [2.75, 3.05) is 12.3 Å². The highest BCUT2D eigenvalue weighted by Gasteiger charge is 2.20. The molecule has 1 aromatic heterocycles. The lowest BCUT2D eigenvalue weighted by atomic mass is 9.99.